The molecule has 1 aromatic carbocycles. The first-order chi connectivity index (χ1) is 16.1. The Bertz CT molecular complexity index is 1080. The number of hydrogen-bond donors (Lipinski definition) is 2. The number of nitrogens with one attached hydrogen (secondary N) is 1. The number of thiol groups is 1. The summed E-state index contributed by atoms with van der Waals surface area (Å²) >= 11 is 3.12. The lowest BCUT2D eigenvalue weighted by Crippen LogP contribution is -2.44. The van der Waals surface area contributed by atoms with Gasteiger partial charge in [0.2, 0.25) is 0 Å². The van der Waals surface area contributed by atoms with Gasteiger partial charge in [0.15, 0.2) is 6.61 Å². The van der Waals surface area contributed by atoms with Gasteiger partial charge in [-0.3, -0.25) is 15.0 Å². The maximum Gasteiger partial charge on any atom is 0.337 e. The topological polar surface area (TPSA) is 103 Å². The number of rotatable bonds is 6. The fourth-order valence-corrected chi connectivity index (χ4v) is 5.59. The predicted molar refractivity (Wildman–Crippen MR) is 120 cm³/mol. The largest absolute Gasteiger partial charge is 0.469 e. The first-order valence-electron chi connectivity index (χ1n) is 10.6. The molecule has 0 amide bonds. The Kier molecular flexibility index (Phi) is 6.41. The van der Waals surface area contributed by atoms with Crippen molar-refractivity contribution in [2.45, 2.75) is 18.6 Å². The summed E-state index contributed by atoms with van der Waals surface area (Å²) in [7, 11) is 2.52. The lowest BCUT2D eigenvalue weighted by atomic mass is 9.68. The van der Waals surface area contributed by atoms with Crippen LogP contribution >= 0.6 is 12.6 Å². The van der Waals surface area contributed by atoms with E-state index in [1.54, 1.807) is 24.3 Å². The monoisotopic (exact) mass is 494 g/mol. The summed E-state index contributed by atoms with van der Waals surface area (Å²) in [6.45, 7) is 0.637. The van der Waals surface area contributed by atoms with Crippen LogP contribution in [0.25, 0.3) is 5.70 Å². The quantitative estimate of drug-likeness (QED) is 0.356. The molecule has 1 aromatic rings. The number of allylic oxidation sites excluding steroid dienone is 1. The first-order valence-corrected chi connectivity index (χ1v) is 11.1. The average molecular weight is 495 g/mol. The summed E-state index contributed by atoms with van der Waals surface area (Å²) in [5, 5.41) is 0.932. The third-order valence-corrected chi connectivity index (χ3v) is 6.91. The molecule has 2 saturated carbocycles. The van der Waals surface area contributed by atoms with Crippen LogP contribution in [0.5, 0.6) is 0 Å². The summed E-state index contributed by atoms with van der Waals surface area (Å²) < 4.78 is 41.0. The lowest BCUT2D eigenvalue weighted by molar-refractivity contribution is -0.164. The van der Waals surface area contributed by atoms with Gasteiger partial charge in [-0.05, 0) is 48.4 Å². The van der Waals surface area contributed by atoms with Crippen molar-refractivity contribution in [3.05, 3.63) is 41.0 Å². The van der Waals surface area contributed by atoms with Crippen LogP contribution in [0.15, 0.2) is 34.9 Å². The Balaban J connectivity index is 1.74. The van der Waals surface area contributed by atoms with Crippen molar-refractivity contribution in [1.29, 1.82) is 0 Å². The zero-order chi connectivity index (χ0) is 24.8. The van der Waals surface area contributed by atoms with Gasteiger partial charge in [0.05, 0.1) is 37.3 Å². The predicted octanol–water partition coefficient (Wildman–Crippen LogP) is 2.90. The number of carbonyl (C=O) groups is 3. The normalized spacial score (nSPS) is 27.5. The van der Waals surface area contributed by atoms with Crippen molar-refractivity contribution in [3.63, 3.8) is 0 Å². The van der Waals surface area contributed by atoms with E-state index in [2.05, 4.69) is 23.2 Å². The smallest absolute Gasteiger partial charge is 0.337 e. The van der Waals surface area contributed by atoms with E-state index in [1.165, 1.54) is 14.2 Å². The molecule has 0 radical (unpaired) electrons. The summed E-state index contributed by atoms with van der Waals surface area (Å²) in [4.78, 5) is 37.4. The van der Waals surface area contributed by atoms with E-state index < -0.39 is 47.5 Å². The van der Waals surface area contributed by atoms with Gasteiger partial charge in [-0.25, -0.2) is 4.79 Å². The van der Waals surface area contributed by atoms with Crippen LogP contribution in [0.1, 0.15) is 29.3 Å². The number of alkyl halides is 2. The fourth-order valence-electron chi connectivity index (χ4n) is 5.53. The van der Waals surface area contributed by atoms with Gasteiger partial charge in [-0.1, -0.05) is 12.1 Å². The highest BCUT2D eigenvalue weighted by Gasteiger charge is 2.63. The van der Waals surface area contributed by atoms with E-state index in [0.29, 0.717) is 17.7 Å². The number of ether oxygens (including phenoxy) is 3. The Morgan fingerprint density at radius 2 is 1.79 bits per heavy atom. The third-order valence-electron chi connectivity index (χ3n) is 6.78. The SMILES string of the molecule is COC(=O)c1ccc(C2=C3C4CC(C3C(C)=NN2)C(C(=O)OC)C4C(=O)OCC(F)(F)S)cc1. The second-order valence-corrected chi connectivity index (χ2v) is 9.25. The summed E-state index contributed by atoms with van der Waals surface area (Å²) in [5.41, 5.74) is 6.39. The number of halogens is 2. The molecular formula is C23H24F2N2O6S. The van der Waals surface area contributed by atoms with Crippen molar-refractivity contribution < 1.29 is 37.4 Å². The molecule has 182 valence electrons. The molecule has 4 rings (SSSR count). The van der Waals surface area contributed by atoms with E-state index in [4.69, 9.17) is 14.2 Å². The molecule has 0 saturated heterocycles. The molecule has 5 unspecified atom stereocenters. The Morgan fingerprint density at radius 1 is 1.12 bits per heavy atom. The molecule has 11 heteroatoms. The van der Waals surface area contributed by atoms with Gasteiger partial charge in [0.25, 0.3) is 0 Å². The first kappa shape index (κ1) is 24.2. The van der Waals surface area contributed by atoms with Crippen LogP contribution < -0.4 is 5.43 Å². The van der Waals surface area contributed by atoms with Crippen LogP contribution in [-0.4, -0.2) is 49.7 Å². The zero-order valence-electron chi connectivity index (χ0n) is 18.7. The molecule has 2 bridgehead atoms. The number of fused-ring (bicyclic) bond motifs is 5. The molecule has 1 aliphatic heterocycles. The standard InChI is InChI=1S/C23H24F2N2O6S/c1-10-15-13-8-14(18(17(13)21(29)32-3)22(30)33-9-23(24,25)34)16(15)19(27-26-10)11-4-6-12(7-5-11)20(28)31-2/h4-7,13-15,17-18,27,34H,8-9H2,1-3H3. The van der Waals surface area contributed by atoms with Crippen molar-refractivity contribution in [3.8, 4) is 0 Å². The van der Waals surface area contributed by atoms with Gasteiger partial charge in [-0.2, -0.15) is 13.9 Å². The second kappa shape index (κ2) is 9.01. The van der Waals surface area contributed by atoms with Crippen LogP contribution in [0.2, 0.25) is 0 Å². The Morgan fingerprint density at radius 3 is 2.38 bits per heavy atom. The highest BCUT2D eigenvalue weighted by Crippen LogP contribution is 2.61. The molecule has 5 atom stereocenters. The highest BCUT2D eigenvalue weighted by atomic mass is 32.1. The van der Waals surface area contributed by atoms with Crippen molar-refractivity contribution in [1.82, 2.24) is 5.43 Å². The van der Waals surface area contributed by atoms with E-state index in [-0.39, 0.29) is 11.8 Å². The highest BCUT2D eigenvalue weighted by molar-refractivity contribution is 7.81. The van der Waals surface area contributed by atoms with E-state index >= 15 is 0 Å². The van der Waals surface area contributed by atoms with Gasteiger partial charge in [0, 0.05) is 11.6 Å². The molecule has 0 aromatic heterocycles. The molecule has 2 fully saturated rings. The Labute approximate surface area is 200 Å². The second-order valence-electron chi connectivity index (χ2n) is 8.60. The molecule has 34 heavy (non-hydrogen) atoms. The van der Waals surface area contributed by atoms with Crippen LogP contribution in [0.3, 0.4) is 0 Å². The fraction of sp³-hybridized carbons (Fsp3) is 0.478. The van der Waals surface area contributed by atoms with Crippen LogP contribution in [-0.2, 0) is 23.8 Å². The minimum atomic E-state index is -3.49. The van der Waals surface area contributed by atoms with Gasteiger partial charge in [0.1, 0.15) is 0 Å². The molecular weight excluding hydrogens is 470 g/mol. The van der Waals surface area contributed by atoms with Crippen molar-refractivity contribution in [2.24, 2.45) is 34.7 Å². The van der Waals surface area contributed by atoms with Gasteiger partial charge >= 0.3 is 23.2 Å². The van der Waals surface area contributed by atoms with Gasteiger partial charge in [-0.15, -0.1) is 12.6 Å². The number of carbonyl (C=O) groups excluding carboxylic acids is 3. The van der Waals surface area contributed by atoms with Gasteiger partial charge < -0.3 is 14.2 Å². The molecule has 0 spiro atoms. The minimum absolute atomic E-state index is 0.221. The molecule has 1 heterocycles. The van der Waals surface area contributed by atoms with Crippen LogP contribution in [0, 0.1) is 29.6 Å². The van der Waals surface area contributed by atoms with Crippen molar-refractivity contribution >= 4 is 41.9 Å². The van der Waals surface area contributed by atoms with Crippen LogP contribution in [0.4, 0.5) is 8.78 Å². The molecule has 8 nitrogen and oxygen atoms in total. The van der Waals surface area contributed by atoms with E-state index in [1.807, 2.05) is 6.92 Å². The van der Waals surface area contributed by atoms with E-state index in [0.717, 1.165) is 16.8 Å². The minimum Gasteiger partial charge on any atom is -0.469 e. The number of hydrazone groups is 1. The maximum atomic E-state index is 13.2. The molecule has 1 N–H and O–H groups in total. The number of hydrogen-bond acceptors (Lipinski definition) is 9. The number of methoxy groups -OCH3 is 2. The Hall–Kier alpha value is -2.95. The number of nitrogens with zero attached hydrogens (tertiary/aromatic N) is 1. The molecule has 2 aliphatic carbocycles. The summed E-state index contributed by atoms with van der Waals surface area (Å²) in [5.74, 6) is -4.71. The van der Waals surface area contributed by atoms with E-state index in [9.17, 15) is 23.2 Å². The maximum absolute atomic E-state index is 13.2. The summed E-state index contributed by atoms with van der Waals surface area (Å²) in [6, 6.07) is 6.68. The van der Waals surface area contributed by atoms with Crippen molar-refractivity contribution in [2.75, 3.05) is 20.8 Å². The number of benzene rings is 1. The third kappa shape index (κ3) is 4.17. The summed E-state index contributed by atoms with van der Waals surface area (Å²) in [6.07, 6.45) is 0.481. The molecule has 3 aliphatic rings. The number of esters is 3. The average Bonchev–Trinajstić information content (AvgIpc) is 3.39. The lowest BCUT2D eigenvalue weighted by Gasteiger charge is -2.38. The zero-order valence-corrected chi connectivity index (χ0v) is 19.6.